The lowest BCUT2D eigenvalue weighted by molar-refractivity contribution is 0.0635. The van der Waals surface area contributed by atoms with Crippen molar-refractivity contribution in [3.63, 3.8) is 0 Å². The topological polar surface area (TPSA) is 67.4 Å². The Kier molecular flexibility index (Phi) is 5.12. The molecule has 138 valence electrons. The first-order chi connectivity index (χ1) is 12.8. The van der Waals surface area contributed by atoms with Gasteiger partial charge in [0.15, 0.2) is 0 Å². The van der Waals surface area contributed by atoms with Crippen LogP contribution >= 0.6 is 0 Å². The third kappa shape index (κ3) is 5.07. The number of hydrogen-bond acceptors (Lipinski definition) is 3. The second kappa shape index (κ2) is 7.50. The van der Waals surface area contributed by atoms with Crippen molar-refractivity contribution in [1.29, 1.82) is 0 Å². The number of anilines is 2. The van der Waals surface area contributed by atoms with Crippen LogP contribution in [0, 0.1) is 0 Å². The molecule has 0 heterocycles. The van der Waals surface area contributed by atoms with Gasteiger partial charge < -0.3 is 10.1 Å². The number of amides is 2. The molecule has 0 radical (unpaired) electrons. The standard InChI is InChI=1S/C22H22N2O3/c1-22(2,3)27-21(26)24-19-12-10-18(11-13-19)23-20(25)17-9-8-15-6-4-5-7-16(15)14-17/h4-14H,1-3H3,(H,23,25)(H,24,26). The molecule has 3 aromatic rings. The van der Waals surface area contributed by atoms with Gasteiger partial charge in [0.1, 0.15) is 5.60 Å². The van der Waals surface area contributed by atoms with E-state index in [-0.39, 0.29) is 5.91 Å². The van der Waals surface area contributed by atoms with Gasteiger partial charge in [-0.25, -0.2) is 4.79 Å². The molecule has 0 aliphatic heterocycles. The van der Waals surface area contributed by atoms with Crippen LogP contribution in [0.1, 0.15) is 31.1 Å². The lowest BCUT2D eigenvalue weighted by Gasteiger charge is -2.19. The molecule has 0 atom stereocenters. The fourth-order valence-corrected chi connectivity index (χ4v) is 2.59. The first kappa shape index (κ1) is 18.5. The summed E-state index contributed by atoms with van der Waals surface area (Å²) in [4.78, 5) is 24.3. The van der Waals surface area contributed by atoms with Gasteiger partial charge >= 0.3 is 6.09 Å². The van der Waals surface area contributed by atoms with Gasteiger partial charge in [-0.2, -0.15) is 0 Å². The van der Waals surface area contributed by atoms with Gasteiger partial charge in [0.05, 0.1) is 0 Å². The van der Waals surface area contributed by atoms with Gasteiger partial charge in [0.2, 0.25) is 0 Å². The normalized spacial score (nSPS) is 11.1. The second-order valence-electron chi connectivity index (χ2n) is 7.22. The van der Waals surface area contributed by atoms with Crippen LogP contribution in [0.4, 0.5) is 16.2 Å². The average Bonchev–Trinajstić information content (AvgIpc) is 2.61. The Morgan fingerprint density at radius 1 is 0.778 bits per heavy atom. The van der Waals surface area contributed by atoms with Crippen molar-refractivity contribution in [3.8, 4) is 0 Å². The molecule has 0 unspecified atom stereocenters. The minimum atomic E-state index is -0.558. The summed E-state index contributed by atoms with van der Waals surface area (Å²) >= 11 is 0. The maximum atomic E-state index is 12.5. The van der Waals surface area contributed by atoms with Crippen LogP contribution in [0.2, 0.25) is 0 Å². The van der Waals surface area contributed by atoms with Crippen molar-refractivity contribution in [1.82, 2.24) is 0 Å². The Labute approximate surface area is 158 Å². The number of rotatable bonds is 3. The van der Waals surface area contributed by atoms with E-state index in [2.05, 4.69) is 10.6 Å². The summed E-state index contributed by atoms with van der Waals surface area (Å²) in [5.41, 5.74) is 1.26. The molecule has 5 nitrogen and oxygen atoms in total. The van der Waals surface area contributed by atoms with Crippen molar-refractivity contribution in [2.24, 2.45) is 0 Å². The van der Waals surface area contributed by atoms with Gasteiger partial charge in [-0.1, -0.05) is 30.3 Å². The predicted molar refractivity (Wildman–Crippen MR) is 108 cm³/mol. The van der Waals surface area contributed by atoms with Crippen molar-refractivity contribution in [2.45, 2.75) is 26.4 Å². The molecule has 5 heteroatoms. The summed E-state index contributed by atoms with van der Waals surface area (Å²) in [6.45, 7) is 5.41. The minimum Gasteiger partial charge on any atom is -0.444 e. The molecule has 0 fully saturated rings. The van der Waals surface area contributed by atoms with Crippen molar-refractivity contribution in [3.05, 3.63) is 72.3 Å². The Morgan fingerprint density at radius 2 is 1.37 bits per heavy atom. The Morgan fingerprint density at radius 3 is 2.00 bits per heavy atom. The number of carbonyl (C=O) groups excluding carboxylic acids is 2. The first-order valence-corrected chi connectivity index (χ1v) is 8.70. The molecule has 3 rings (SSSR count). The highest BCUT2D eigenvalue weighted by Crippen LogP contribution is 2.19. The molecule has 2 N–H and O–H groups in total. The lowest BCUT2D eigenvalue weighted by Crippen LogP contribution is -2.27. The molecule has 0 aliphatic carbocycles. The summed E-state index contributed by atoms with van der Waals surface area (Å²) in [7, 11) is 0. The number of ether oxygens (including phenoxy) is 1. The first-order valence-electron chi connectivity index (χ1n) is 8.70. The summed E-state index contributed by atoms with van der Waals surface area (Å²) in [5, 5.41) is 7.62. The maximum absolute atomic E-state index is 12.5. The van der Waals surface area contributed by atoms with E-state index < -0.39 is 11.7 Å². The highest BCUT2D eigenvalue weighted by atomic mass is 16.6. The summed E-state index contributed by atoms with van der Waals surface area (Å²) in [5.74, 6) is -0.186. The van der Waals surface area contributed by atoms with E-state index in [0.29, 0.717) is 16.9 Å². The number of hydrogen-bond donors (Lipinski definition) is 2. The molecule has 0 bridgehead atoms. The zero-order valence-electron chi connectivity index (χ0n) is 15.6. The van der Waals surface area contributed by atoms with Crippen LogP contribution < -0.4 is 10.6 Å². The Hall–Kier alpha value is -3.34. The van der Waals surface area contributed by atoms with E-state index in [1.54, 1.807) is 51.1 Å². The Balaban J connectivity index is 1.65. The van der Waals surface area contributed by atoms with E-state index >= 15 is 0 Å². The van der Waals surface area contributed by atoms with Gasteiger partial charge in [-0.3, -0.25) is 10.1 Å². The molecule has 0 saturated carbocycles. The van der Waals surface area contributed by atoms with E-state index in [1.165, 1.54) is 0 Å². The minimum absolute atomic E-state index is 0.186. The largest absolute Gasteiger partial charge is 0.444 e. The molecule has 0 spiro atoms. The molecule has 3 aromatic carbocycles. The molecule has 0 saturated heterocycles. The van der Waals surface area contributed by atoms with Crippen LogP contribution in [0.3, 0.4) is 0 Å². The highest BCUT2D eigenvalue weighted by molar-refractivity contribution is 6.06. The van der Waals surface area contributed by atoms with Crippen molar-refractivity contribution >= 4 is 34.1 Å². The van der Waals surface area contributed by atoms with Gasteiger partial charge in [0, 0.05) is 16.9 Å². The third-order valence-electron chi connectivity index (χ3n) is 3.80. The fraction of sp³-hybridized carbons (Fsp3) is 0.182. The number of nitrogens with one attached hydrogen (secondary N) is 2. The van der Waals surface area contributed by atoms with E-state index in [9.17, 15) is 9.59 Å². The average molecular weight is 362 g/mol. The zero-order valence-corrected chi connectivity index (χ0v) is 15.6. The second-order valence-corrected chi connectivity index (χ2v) is 7.22. The van der Waals surface area contributed by atoms with Gasteiger partial charge in [0.25, 0.3) is 5.91 Å². The number of carbonyl (C=O) groups is 2. The molecule has 2 amide bonds. The third-order valence-corrected chi connectivity index (χ3v) is 3.80. The van der Waals surface area contributed by atoms with Crippen LogP contribution in [0.15, 0.2) is 66.7 Å². The SMILES string of the molecule is CC(C)(C)OC(=O)Nc1ccc(NC(=O)c2ccc3ccccc3c2)cc1. The molecule has 0 aromatic heterocycles. The molecular formula is C22H22N2O3. The van der Waals surface area contributed by atoms with Crippen molar-refractivity contribution < 1.29 is 14.3 Å². The predicted octanol–water partition coefficient (Wildman–Crippen LogP) is 5.44. The quantitative estimate of drug-likeness (QED) is 0.652. The van der Waals surface area contributed by atoms with Gasteiger partial charge in [-0.05, 0) is 67.9 Å². The molecule has 27 heavy (non-hydrogen) atoms. The summed E-state index contributed by atoms with van der Waals surface area (Å²) in [6, 6.07) is 20.4. The molecule has 0 aliphatic rings. The smallest absolute Gasteiger partial charge is 0.412 e. The zero-order chi connectivity index (χ0) is 19.4. The fourth-order valence-electron chi connectivity index (χ4n) is 2.59. The maximum Gasteiger partial charge on any atom is 0.412 e. The van der Waals surface area contributed by atoms with E-state index in [0.717, 1.165) is 10.8 Å². The summed E-state index contributed by atoms with van der Waals surface area (Å²) < 4.78 is 5.21. The summed E-state index contributed by atoms with van der Waals surface area (Å²) in [6.07, 6.45) is -0.518. The van der Waals surface area contributed by atoms with E-state index in [4.69, 9.17) is 4.74 Å². The van der Waals surface area contributed by atoms with Crippen LogP contribution in [0.5, 0.6) is 0 Å². The van der Waals surface area contributed by atoms with Crippen LogP contribution in [-0.4, -0.2) is 17.6 Å². The Bertz CT molecular complexity index is 973. The lowest BCUT2D eigenvalue weighted by atomic mass is 10.1. The van der Waals surface area contributed by atoms with E-state index in [1.807, 2.05) is 36.4 Å². The molecular weight excluding hydrogens is 340 g/mol. The highest BCUT2D eigenvalue weighted by Gasteiger charge is 2.16. The monoisotopic (exact) mass is 362 g/mol. The number of benzene rings is 3. The number of fused-ring (bicyclic) bond motifs is 1. The van der Waals surface area contributed by atoms with Crippen LogP contribution in [-0.2, 0) is 4.74 Å². The van der Waals surface area contributed by atoms with Crippen molar-refractivity contribution in [2.75, 3.05) is 10.6 Å². The van der Waals surface area contributed by atoms with Crippen LogP contribution in [0.25, 0.3) is 10.8 Å². The van der Waals surface area contributed by atoms with Gasteiger partial charge in [-0.15, -0.1) is 0 Å².